The molecule has 1 unspecified atom stereocenters. The molecule has 0 aliphatic carbocycles. The maximum atomic E-state index is 13.4. The fourth-order valence-electron chi connectivity index (χ4n) is 3.24. The van der Waals surface area contributed by atoms with Crippen molar-refractivity contribution < 1.29 is 14.5 Å². The third-order valence-electron chi connectivity index (χ3n) is 4.71. The standard InChI is InChI=1S/C21H18N4O5S/c1-3-30-20(27)12(2)31-21-23-17-15-6-4-5-7-16(15)22-18(17)19(26)24(21)13-8-10-14(11-9-13)25(28)29/h4-12,22H,3H2,1-2H3. The number of rotatable bonds is 6. The summed E-state index contributed by atoms with van der Waals surface area (Å²) in [5.41, 5.74) is 1.52. The van der Waals surface area contributed by atoms with Crippen LogP contribution in [0.5, 0.6) is 0 Å². The first-order valence-corrected chi connectivity index (χ1v) is 10.4. The predicted octanol–water partition coefficient (Wildman–Crippen LogP) is 3.82. The first-order valence-electron chi connectivity index (χ1n) is 9.52. The lowest BCUT2D eigenvalue weighted by Crippen LogP contribution is -2.24. The number of hydrogen-bond acceptors (Lipinski definition) is 7. The van der Waals surface area contributed by atoms with E-state index in [-0.39, 0.29) is 23.0 Å². The number of H-pyrrole nitrogens is 1. The summed E-state index contributed by atoms with van der Waals surface area (Å²) in [6.07, 6.45) is 0. The Kier molecular flexibility index (Phi) is 5.47. The van der Waals surface area contributed by atoms with Gasteiger partial charge >= 0.3 is 5.97 Å². The van der Waals surface area contributed by atoms with Crippen molar-refractivity contribution in [1.29, 1.82) is 0 Å². The number of ether oxygens (including phenoxy) is 1. The first-order chi connectivity index (χ1) is 14.9. The van der Waals surface area contributed by atoms with Gasteiger partial charge in [0.15, 0.2) is 5.16 Å². The van der Waals surface area contributed by atoms with Crippen molar-refractivity contribution >= 4 is 45.4 Å². The number of carbonyl (C=O) groups excluding carboxylic acids is 1. The van der Waals surface area contributed by atoms with E-state index in [9.17, 15) is 19.7 Å². The maximum absolute atomic E-state index is 13.4. The van der Waals surface area contributed by atoms with Crippen molar-refractivity contribution in [1.82, 2.24) is 14.5 Å². The zero-order valence-corrected chi connectivity index (χ0v) is 17.5. The number of nitro benzene ring substituents is 1. The van der Waals surface area contributed by atoms with Crippen molar-refractivity contribution in [3.8, 4) is 5.69 Å². The molecule has 1 atom stereocenters. The highest BCUT2D eigenvalue weighted by molar-refractivity contribution is 8.00. The number of benzene rings is 2. The van der Waals surface area contributed by atoms with Crippen molar-refractivity contribution in [3.63, 3.8) is 0 Å². The molecule has 2 heterocycles. The lowest BCUT2D eigenvalue weighted by molar-refractivity contribution is -0.384. The smallest absolute Gasteiger partial charge is 0.319 e. The van der Waals surface area contributed by atoms with E-state index in [1.54, 1.807) is 13.8 Å². The molecule has 31 heavy (non-hydrogen) atoms. The quantitative estimate of drug-likeness (QED) is 0.160. The monoisotopic (exact) mass is 438 g/mol. The van der Waals surface area contributed by atoms with Crippen molar-refractivity contribution in [3.05, 3.63) is 69.0 Å². The average Bonchev–Trinajstić information content (AvgIpc) is 3.13. The zero-order valence-electron chi connectivity index (χ0n) is 16.7. The van der Waals surface area contributed by atoms with Crippen LogP contribution in [0.2, 0.25) is 0 Å². The molecule has 0 aliphatic rings. The molecular weight excluding hydrogens is 420 g/mol. The van der Waals surface area contributed by atoms with Gasteiger partial charge < -0.3 is 9.72 Å². The number of hydrogen-bond donors (Lipinski definition) is 1. The molecule has 0 bridgehead atoms. The fourth-order valence-corrected chi connectivity index (χ4v) is 4.16. The van der Waals surface area contributed by atoms with Crippen LogP contribution in [0.25, 0.3) is 27.6 Å². The molecule has 9 nitrogen and oxygen atoms in total. The molecule has 0 aliphatic heterocycles. The molecule has 158 valence electrons. The van der Waals surface area contributed by atoms with Crippen LogP contribution in [0.4, 0.5) is 5.69 Å². The Morgan fingerprint density at radius 2 is 1.97 bits per heavy atom. The van der Waals surface area contributed by atoms with Crippen molar-refractivity contribution in [2.45, 2.75) is 24.3 Å². The molecule has 0 spiro atoms. The molecule has 0 amide bonds. The lowest BCUT2D eigenvalue weighted by atomic mass is 10.2. The van der Waals surface area contributed by atoms with E-state index < -0.39 is 16.1 Å². The molecule has 4 rings (SSSR count). The average molecular weight is 438 g/mol. The number of nitro groups is 1. The number of aromatic nitrogens is 3. The second-order valence-corrected chi connectivity index (χ2v) is 8.02. The second kappa shape index (κ2) is 8.23. The first kappa shape index (κ1) is 20.6. The Morgan fingerprint density at radius 1 is 1.26 bits per heavy atom. The molecule has 0 saturated heterocycles. The normalized spacial score (nSPS) is 12.2. The Hall–Kier alpha value is -3.66. The van der Waals surface area contributed by atoms with E-state index in [1.807, 2.05) is 24.3 Å². The predicted molar refractivity (Wildman–Crippen MR) is 118 cm³/mol. The number of non-ortho nitro benzene ring substituents is 1. The van der Waals surface area contributed by atoms with Crippen LogP contribution < -0.4 is 5.56 Å². The Bertz CT molecular complexity index is 1360. The molecule has 10 heteroatoms. The lowest BCUT2D eigenvalue weighted by Gasteiger charge is -2.15. The summed E-state index contributed by atoms with van der Waals surface area (Å²) in [4.78, 5) is 43.9. The van der Waals surface area contributed by atoms with E-state index in [0.717, 1.165) is 22.7 Å². The molecule has 4 aromatic rings. The van der Waals surface area contributed by atoms with Gasteiger partial charge in [-0.15, -0.1) is 0 Å². The topological polar surface area (TPSA) is 120 Å². The van der Waals surface area contributed by atoms with Crippen LogP contribution in [0.15, 0.2) is 58.5 Å². The highest BCUT2D eigenvalue weighted by Crippen LogP contribution is 2.29. The maximum Gasteiger partial charge on any atom is 0.319 e. The summed E-state index contributed by atoms with van der Waals surface area (Å²) >= 11 is 1.09. The van der Waals surface area contributed by atoms with Crippen LogP contribution in [-0.2, 0) is 9.53 Å². The van der Waals surface area contributed by atoms with E-state index in [1.165, 1.54) is 28.8 Å². The van der Waals surface area contributed by atoms with Gasteiger partial charge in [-0.3, -0.25) is 24.3 Å². The van der Waals surface area contributed by atoms with Gasteiger partial charge in [0.05, 0.1) is 17.2 Å². The second-order valence-electron chi connectivity index (χ2n) is 6.71. The minimum absolute atomic E-state index is 0.0921. The minimum Gasteiger partial charge on any atom is -0.465 e. The zero-order chi connectivity index (χ0) is 22.1. The van der Waals surface area contributed by atoms with Gasteiger partial charge in [0.25, 0.3) is 11.2 Å². The molecule has 2 aromatic carbocycles. The number of thioether (sulfide) groups is 1. The van der Waals surface area contributed by atoms with Crippen LogP contribution in [-0.4, -0.2) is 37.3 Å². The molecular formula is C21H18N4O5S. The SMILES string of the molecule is CCOC(=O)C(C)Sc1nc2c([nH]c3ccccc32)c(=O)n1-c1ccc([N+](=O)[O-])cc1. The van der Waals surface area contributed by atoms with Crippen molar-refractivity contribution in [2.75, 3.05) is 6.61 Å². The van der Waals surface area contributed by atoms with Gasteiger partial charge in [-0.05, 0) is 32.0 Å². The van der Waals surface area contributed by atoms with E-state index in [0.29, 0.717) is 16.7 Å². The minimum atomic E-state index is -0.612. The number of para-hydroxylation sites is 1. The van der Waals surface area contributed by atoms with Crippen molar-refractivity contribution in [2.24, 2.45) is 0 Å². The fraction of sp³-hybridized carbons (Fsp3) is 0.190. The Labute approximate surface area is 180 Å². The summed E-state index contributed by atoms with van der Waals surface area (Å²) in [5, 5.41) is 11.5. The van der Waals surface area contributed by atoms with Crippen LogP contribution in [0, 0.1) is 10.1 Å². The van der Waals surface area contributed by atoms with Gasteiger partial charge in [-0.1, -0.05) is 30.0 Å². The van der Waals surface area contributed by atoms with E-state index >= 15 is 0 Å². The van der Waals surface area contributed by atoms with E-state index in [4.69, 9.17) is 9.72 Å². The Morgan fingerprint density at radius 3 is 2.65 bits per heavy atom. The van der Waals surface area contributed by atoms with Gasteiger partial charge in [0.1, 0.15) is 16.3 Å². The number of nitrogens with one attached hydrogen (secondary N) is 1. The number of fused-ring (bicyclic) bond motifs is 3. The largest absolute Gasteiger partial charge is 0.465 e. The third kappa shape index (κ3) is 3.77. The summed E-state index contributed by atoms with van der Waals surface area (Å²) in [6.45, 7) is 3.64. The van der Waals surface area contributed by atoms with Gasteiger partial charge in [0, 0.05) is 23.0 Å². The number of aromatic amines is 1. The van der Waals surface area contributed by atoms with Crippen LogP contribution in [0.3, 0.4) is 0 Å². The number of esters is 1. The summed E-state index contributed by atoms with van der Waals surface area (Å²) < 4.78 is 6.43. The number of nitrogens with zero attached hydrogens (tertiary/aromatic N) is 3. The van der Waals surface area contributed by atoms with Crippen LogP contribution in [0.1, 0.15) is 13.8 Å². The molecule has 2 aromatic heterocycles. The molecule has 0 radical (unpaired) electrons. The highest BCUT2D eigenvalue weighted by atomic mass is 32.2. The molecule has 0 fully saturated rings. The number of carbonyl (C=O) groups is 1. The summed E-state index contributed by atoms with van der Waals surface area (Å²) in [6, 6.07) is 13.0. The molecule has 1 N–H and O–H groups in total. The van der Waals surface area contributed by atoms with Gasteiger partial charge in [0.2, 0.25) is 0 Å². The van der Waals surface area contributed by atoms with E-state index in [2.05, 4.69) is 4.98 Å². The summed E-state index contributed by atoms with van der Waals surface area (Å²) in [5.74, 6) is -0.420. The third-order valence-corrected chi connectivity index (χ3v) is 5.74. The Balaban J connectivity index is 1.94. The van der Waals surface area contributed by atoms with Crippen LogP contribution >= 0.6 is 11.8 Å². The summed E-state index contributed by atoms with van der Waals surface area (Å²) in [7, 11) is 0. The highest BCUT2D eigenvalue weighted by Gasteiger charge is 2.23. The van der Waals surface area contributed by atoms with Gasteiger partial charge in [-0.25, -0.2) is 4.98 Å². The van der Waals surface area contributed by atoms with Gasteiger partial charge in [-0.2, -0.15) is 0 Å². The molecule has 0 saturated carbocycles.